The fraction of sp³-hybridized carbons (Fsp3) is 0.190. The van der Waals surface area contributed by atoms with Crippen LogP contribution in [0.15, 0.2) is 53.4 Å². The average Bonchev–Trinajstić information content (AvgIpc) is 3.09. The molecule has 160 valence electrons. The van der Waals surface area contributed by atoms with Crippen molar-refractivity contribution in [2.24, 2.45) is 12.2 Å². The third-order valence-corrected chi connectivity index (χ3v) is 5.58. The first-order valence-corrected chi connectivity index (χ1v) is 10.5. The number of nitrogens with two attached hydrogens (primary N) is 1. The van der Waals surface area contributed by atoms with Gasteiger partial charge < -0.3 is 10.2 Å². The molecule has 0 fully saturated rings. The first kappa shape index (κ1) is 13.0. The Bertz CT molecular complexity index is 1760. The van der Waals surface area contributed by atoms with Crippen molar-refractivity contribution >= 4 is 44.1 Å². The lowest BCUT2D eigenvalue weighted by atomic mass is 10.2. The maximum absolute atomic E-state index is 12.1. The number of primary sulfonamides is 1. The molecule has 0 spiro atoms. The Labute approximate surface area is 191 Å². The smallest absolute Gasteiger partial charge is 0.238 e. The molecule has 0 atom stereocenters. The number of aryl methyl sites for hydroxylation is 2. The van der Waals surface area contributed by atoms with E-state index < -0.39 is 69.7 Å². The van der Waals surface area contributed by atoms with Gasteiger partial charge in [0.1, 0.15) is 5.82 Å². The summed E-state index contributed by atoms with van der Waals surface area (Å²) in [5, 5.41) is 12.8. The first-order chi connectivity index (χ1) is 17.9. The summed E-state index contributed by atoms with van der Waals surface area (Å²) in [5.41, 5.74) is 0.742. The van der Waals surface area contributed by atoms with E-state index in [4.69, 9.17) is 16.1 Å². The second kappa shape index (κ2) is 7.64. The highest BCUT2D eigenvalue weighted by Gasteiger charge is 2.14. The number of fused-ring (bicyclic) bond motifs is 1. The van der Waals surface area contributed by atoms with Crippen LogP contribution in [0.4, 0.5) is 23.1 Å². The Balaban J connectivity index is 1.91. The second-order valence-electron chi connectivity index (χ2n) is 6.73. The van der Waals surface area contributed by atoms with Gasteiger partial charge >= 0.3 is 0 Å². The molecule has 4 rings (SSSR count). The van der Waals surface area contributed by atoms with E-state index in [1.165, 1.54) is 19.1 Å². The number of anilines is 4. The molecule has 31 heavy (non-hydrogen) atoms. The van der Waals surface area contributed by atoms with Crippen LogP contribution in [0.5, 0.6) is 0 Å². The Morgan fingerprint density at radius 2 is 2.06 bits per heavy atom. The Kier molecular flexibility index (Phi) is 3.21. The standard InChI is InChI=1S/C21H23N7O2S/c1-13-5-6-15(11-19(13)31(22,29)30)24-21-23-10-9-20(25-21)27(3)16-7-8-17-14(2)28(4)26-18(17)12-16/h5-12H,1-4H3,(H2,22,29,30)(H,23,24,25)/i3D3,5D,6D,9D,10D,11D. The van der Waals surface area contributed by atoms with Crippen molar-refractivity contribution < 1.29 is 19.4 Å². The van der Waals surface area contributed by atoms with Crippen molar-refractivity contribution in [1.82, 2.24) is 19.7 Å². The zero-order valence-corrected chi connectivity index (χ0v) is 17.6. The SMILES string of the molecule is [2H]c1nc(Nc2c([2H])c([2H])c(C)c(S(N)(=O)=O)c2[2H])nc(N(c2ccc3c(C)n(C)nc3c2)C([2H])([2H])[2H])c1[2H]. The quantitative estimate of drug-likeness (QED) is 0.484. The van der Waals surface area contributed by atoms with Gasteiger partial charge in [-0.15, -0.1) is 0 Å². The van der Waals surface area contributed by atoms with E-state index in [0.717, 1.165) is 16.0 Å². The van der Waals surface area contributed by atoms with Crippen molar-refractivity contribution in [3.63, 3.8) is 0 Å². The molecule has 3 N–H and O–H groups in total. The molecule has 0 bridgehead atoms. The van der Waals surface area contributed by atoms with Crippen molar-refractivity contribution in [3.8, 4) is 0 Å². The summed E-state index contributed by atoms with van der Waals surface area (Å²) in [7, 11) is -2.72. The van der Waals surface area contributed by atoms with Gasteiger partial charge in [0.05, 0.1) is 17.3 Å². The van der Waals surface area contributed by atoms with E-state index >= 15 is 0 Å². The van der Waals surface area contributed by atoms with E-state index in [9.17, 15) is 8.42 Å². The van der Waals surface area contributed by atoms with E-state index in [1.54, 1.807) is 17.8 Å². The van der Waals surface area contributed by atoms with Crippen LogP contribution in [0.1, 0.15) is 22.2 Å². The number of benzene rings is 2. The molecule has 0 aliphatic rings. The number of aromatic nitrogens is 4. The summed E-state index contributed by atoms with van der Waals surface area (Å²) in [5.74, 6) is -0.993. The Morgan fingerprint density at radius 1 is 1.26 bits per heavy atom. The predicted molar refractivity (Wildman–Crippen MR) is 121 cm³/mol. The normalized spacial score (nSPS) is 15.7. The highest BCUT2D eigenvalue weighted by molar-refractivity contribution is 7.89. The number of hydrogen-bond acceptors (Lipinski definition) is 7. The van der Waals surface area contributed by atoms with Gasteiger partial charge in [0, 0.05) is 46.8 Å². The van der Waals surface area contributed by atoms with E-state index in [2.05, 4.69) is 20.4 Å². The van der Waals surface area contributed by atoms with E-state index in [1.807, 2.05) is 6.92 Å². The van der Waals surface area contributed by atoms with Crippen LogP contribution in [0.3, 0.4) is 0 Å². The van der Waals surface area contributed by atoms with Gasteiger partial charge in [-0.2, -0.15) is 10.1 Å². The van der Waals surface area contributed by atoms with Gasteiger partial charge in [0.25, 0.3) is 0 Å². The molecule has 0 aliphatic carbocycles. The molecular weight excluding hydrogens is 414 g/mol. The van der Waals surface area contributed by atoms with Crippen LogP contribution < -0.4 is 15.4 Å². The van der Waals surface area contributed by atoms with Crippen molar-refractivity contribution in [2.45, 2.75) is 18.7 Å². The molecule has 2 aromatic heterocycles. The van der Waals surface area contributed by atoms with Gasteiger partial charge in [0.15, 0.2) is 0 Å². The Morgan fingerprint density at radius 3 is 2.81 bits per heavy atom. The molecule has 0 radical (unpaired) electrons. The minimum absolute atomic E-state index is 0.0980. The zero-order valence-electron chi connectivity index (χ0n) is 24.8. The Hall–Kier alpha value is -3.50. The maximum atomic E-state index is 12.1. The number of sulfonamides is 1. The summed E-state index contributed by atoms with van der Waals surface area (Å²) in [4.78, 5) is 7.98. The molecular formula is C21H23N7O2S. The molecule has 2 heterocycles. The van der Waals surface area contributed by atoms with Crippen LogP contribution in [-0.4, -0.2) is 35.1 Å². The van der Waals surface area contributed by atoms with Crippen LogP contribution in [-0.2, 0) is 17.1 Å². The van der Waals surface area contributed by atoms with Crippen LogP contribution >= 0.6 is 0 Å². The number of nitrogens with zero attached hydrogens (tertiary/aromatic N) is 5. The summed E-state index contributed by atoms with van der Waals surface area (Å²) in [6, 6.07) is 2.24. The van der Waals surface area contributed by atoms with Crippen molar-refractivity contribution in [2.75, 3.05) is 17.2 Å². The first-order valence-electron chi connectivity index (χ1n) is 12.9. The van der Waals surface area contributed by atoms with E-state index in [-0.39, 0.29) is 11.3 Å². The predicted octanol–water partition coefficient (Wildman–Crippen LogP) is 3.14. The highest BCUT2D eigenvalue weighted by Crippen LogP contribution is 2.28. The maximum Gasteiger partial charge on any atom is 0.238 e. The van der Waals surface area contributed by atoms with Gasteiger partial charge in [-0.25, -0.2) is 18.5 Å². The fourth-order valence-electron chi connectivity index (χ4n) is 2.94. The molecule has 0 amide bonds. The third kappa shape index (κ3) is 4.07. The van der Waals surface area contributed by atoms with Crippen molar-refractivity contribution in [1.29, 1.82) is 0 Å². The minimum Gasteiger partial charge on any atom is -0.329 e. The van der Waals surface area contributed by atoms with Gasteiger partial charge in [0.2, 0.25) is 16.0 Å². The number of nitrogens with one attached hydrogen (secondary N) is 1. The van der Waals surface area contributed by atoms with Gasteiger partial charge in [-0.05, 0) is 55.7 Å². The van der Waals surface area contributed by atoms with Crippen LogP contribution in [0.2, 0.25) is 0 Å². The highest BCUT2D eigenvalue weighted by atomic mass is 32.2. The molecule has 10 heteroatoms. The molecule has 0 saturated heterocycles. The summed E-state index contributed by atoms with van der Waals surface area (Å²) in [6.45, 7) is 0.204. The molecule has 4 aromatic rings. The molecule has 2 aromatic carbocycles. The largest absolute Gasteiger partial charge is 0.329 e. The third-order valence-electron chi connectivity index (χ3n) is 4.60. The van der Waals surface area contributed by atoms with Crippen LogP contribution in [0.25, 0.3) is 10.9 Å². The lowest BCUT2D eigenvalue weighted by Gasteiger charge is -2.19. The number of rotatable bonds is 5. The minimum atomic E-state index is -4.46. The molecule has 0 unspecified atom stereocenters. The van der Waals surface area contributed by atoms with Crippen LogP contribution in [0, 0.1) is 13.8 Å². The summed E-state index contributed by atoms with van der Waals surface area (Å²) in [6.07, 6.45) is -0.686. The lowest BCUT2D eigenvalue weighted by molar-refractivity contribution is 0.597. The number of hydrogen-bond donors (Lipinski definition) is 2. The average molecular weight is 446 g/mol. The lowest BCUT2D eigenvalue weighted by Crippen LogP contribution is -2.14. The topological polar surface area (TPSA) is 119 Å². The fourth-order valence-corrected chi connectivity index (χ4v) is 3.66. The molecule has 9 nitrogen and oxygen atoms in total. The van der Waals surface area contributed by atoms with Gasteiger partial charge in [-0.1, -0.05) is 6.04 Å². The monoisotopic (exact) mass is 445 g/mol. The molecule has 0 saturated carbocycles. The molecule has 0 aliphatic heterocycles. The summed E-state index contributed by atoms with van der Waals surface area (Å²) < 4.78 is 91.4. The zero-order chi connectivity index (χ0) is 29.2. The summed E-state index contributed by atoms with van der Waals surface area (Å²) >= 11 is 0. The van der Waals surface area contributed by atoms with Crippen molar-refractivity contribution in [3.05, 3.63) is 59.8 Å². The second-order valence-corrected chi connectivity index (χ2v) is 8.23. The van der Waals surface area contributed by atoms with E-state index in [0.29, 0.717) is 5.52 Å². The van der Waals surface area contributed by atoms with Gasteiger partial charge in [-0.3, -0.25) is 4.68 Å².